The van der Waals surface area contributed by atoms with Gasteiger partial charge >= 0.3 is 0 Å². The lowest BCUT2D eigenvalue weighted by atomic mass is 9.97. The Morgan fingerprint density at radius 3 is 1.12 bits per heavy atom. The molecule has 25 rings (SSSR count). The van der Waals surface area contributed by atoms with Crippen molar-refractivity contribution in [3.63, 3.8) is 0 Å². The summed E-state index contributed by atoms with van der Waals surface area (Å²) in [5, 5.41) is 12.2. The summed E-state index contributed by atoms with van der Waals surface area (Å²) in [7, 11) is 10.8. The fourth-order valence-corrected chi connectivity index (χ4v) is 20.9. The number of fused-ring (bicyclic) bond motifs is 40. The van der Waals surface area contributed by atoms with Crippen LogP contribution in [0, 0.1) is 41.5 Å². The molecule has 10 aromatic carbocycles. The van der Waals surface area contributed by atoms with E-state index in [9.17, 15) is 0 Å². The molecular weight excluding hydrogens is 1570 g/mol. The monoisotopic (exact) mass is 1670 g/mol. The van der Waals surface area contributed by atoms with Crippen molar-refractivity contribution in [3.8, 4) is 0 Å². The van der Waals surface area contributed by atoms with E-state index in [1.807, 2.05) is 31.0 Å². The van der Waals surface area contributed by atoms with Gasteiger partial charge in [-0.1, -0.05) is 159 Å². The summed E-state index contributed by atoms with van der Waals surface area (Å²) in [5.41, 5.74) is 43.1. The molecule has 128 heavy (non-hydrogen) atoms. The van der Waals surface area contributed by atoms with Crippen molar-refractivity contribution in [1.82, 2.24) is 47.1 Å². The fourth-order valence-electron chi connectivity index (χ4n) is 20.9. The highest BCUT2D eigenvalue weighted by atomic mass is 15.2. The van der Waals surface area contributed by atoms with E-state index in [0.717, 1.165) is 27.6 Å². The van der Waals surface area contributed by atoms with Crippen LogP contribution >= 0.6 is 0 Å². The van der Waals surface area contributed by atoms with Gasteiger partial charge in [0.1, 0.15) is 27.6 Å². The van der Waals surface area contributed by atoms with Gasteiger partial charge in [-0.05, 0) is 249 Å². The van der Waals surface area contributed by atoms with Gasteiger partial charge < -0.3 is 0 Å². The van der Waals surface area contributed by atoms with Crippen molar-refractivity contribution < 1.29 is 22.7 Å². The summed E-state index contributed by atoms with van der Waals surface area (Å²) >= 11 is 0. The van der Waals surface area contributed by atoms with Crippen LogP contribution in [0.5, 0.6) is 0 Å². The molecule has 628 valence electrons. The van der Waals surface area contributed by atoms with Crippen LogP contribution < -0.4 is 22.7 Å². The van der Waals surface area contributed by atoms with Gasteiger partial charge in [0.2, 0.25) is 0 Å². The minimum Gasteiger partial charge on any atom is -0.255 e. The Labute approximate surface area is 742 Å². The fraction of sp³-hybridized carbons (Fsp3) is 0.204. The smallest absolute Gasteiger partial charge is 0.255 e. The van der Waals surface area contributed by atoms with Gasteiger partial charge in [0.05, 0.1) is 89.8 Å². The van der Waals surface area contributed by atoms with Crippen LogP contribution in [0.4, 0.5) is 0 Å². The minimum absolute atomic E-state index is 0.440. The third-order valence-electron chi connectivity index (χ3n) is 27.3. The zero-order valence-electron chi connectivity index (χ0n) is 76.5. The highest BCUT2D eigenvalue weighted by Gasteiger charge is 2.33. The predicted octanol–water partition coefficient (Wildman–Crippen LogP) is 24.4. The maximum atomic E-state index is 4.81. The maximum absolute atomic E-state index is 4.81. The van der Waals surface area contributed by atoms with Crippen LogP contribution in [-0.2, 0) is 35.2 Å². The van der Waals surface area contributed by atoms with E-state index in [2.05, 4.69) is 420 Å². The van der Waals surface area contributed by atoms with Gasteiger partial charge in [0.15, 0.2) is 55.2 Å². The van der Waals surface area contributed by atoms with E-state index in [0.29, 0.717) is 23.7 Å². The van der Waals surface area contributed by atoms with Crippen LogP contribution in [0.25, 0.3) is 192 Å². The summed E-state index contributed by atoms with van der Waals surface area (Å²) in [6, 6.07) is 87.2. The number of imidazole rings is 5. The lowest BCUT2D eigenvalue weighted by Gasteiger charge is -2.11. The molecule has 0 fully saturated rings. The van der Waals surface area contributed by atoms with Crippen molar-refractivity contribution in [3.05, 3.63) is 329 Å². The zero-order valence-corrected chi connectivity index (χ0v) is 76.5. The Hall–Kier alpha value is -14.7. The molecule has 0 unspecified atom stereocenters. The molecule has 0 aliphatic heterocycles. The van der Waals surface area contributed by atoms with Gasteiger partial charge in [-0.2, -0.15) is 22.0 Å². The van der Waals surface area contributed by atoms with E-state index in [1.165, 1.54) is 220 Å². The lowest BCUT2D eigenvalue weighted by molar-refractivity contribution is -0.617. The summed E-state index contributed by atoms with van der Waals surface area (Å²) in [6.45, 7) is 31.1. The number of para-hydroxylation sites is 10. The van der Waals surface area contributed by atoms with E-state index in [4.69, 9.17) is 24.9 Å². The lowest BCUT2D eigenvalue weighted by Crippen LogP contribution is -2.27. The predicted molar refractivity (Wildman–Crippen MR) is 529 cm³/mol. The van der Waals surface area contributed by atoms with Gasteiger partial charge in [-0.3, -0.25) is 24.9 Å². The second-order valence-electron chi connectivity index (χ2n) is 36.5. The quantitative estimate of drug-likeness (QED) is 0.129. The molecule has 0 saturated heterocycles. The third kappa shape index (κ3) is 12.2. The molecule has 0 aliphatic rings. The number of hydrogen-bond donors (Lipinski definition) is 0. The van der Waals surface area contributed by atoms with Gasteiger partial charge in [-0.25, -0.2) is 22.8 Å². The Kier molecular flexibility index (Phi) is 19.4. The van der Waals surface area contributed by atoms with Gasteiger partial charge in [-0.15, -0.1) is 0 Å². The second-order valence-corrected chi connectivity index (χ2v) is 36.5. The normalized spacial score (nSPS) is 12.1. The highest BCUT2D eigenvalue weighted by Crippen LogP contribution is 2.41. The standard InChI is InChI=1S/4C23H22N3.C21H18N3/c1-14(2)16-8-7-9-17-21-20(15(3)12-13-24-21)23-25(4)18-10-5-6-11-19(18)26(23)22(16)17;1-14(2)16-9-7-11-19-22(16)26-18-10-6-5-8-17(18)21-20(23(26)25(19)4)15(3)12-13-24-21;1-14(2)16-9-10-18-17(13-16)22-21(15(3)11-12-24-22)23-25(4)19-7-5-6-8-20(19)26(18)23;1-14(2)16-9-10-17-20(13-16)26-19-8-6-5-7-18(19)25(4)23(26)21-15(3)11-12-24-22(17)21;1-13-8-9-17-18(12-13)23(3)21-19-14(2)10-11-22-20(19)15-6-4-5-7-16(15)24(17)21/h4*5-14H,1-4H3;4-12H,1-3H3/q5*+1. The maximum Gasteiger partial charge on any atom is 0.297 e. The average molecular weight is 1670 g/mol. The molecule has 0 radical (unpaired) electrons. The van der Waals surface area contributed by atoms with Crippen molar-refractivity contribution in [2.45, 2.75) is 121 Å². The Morgan fingerprint density at radius 2 is 0.609 bits per heavy atom. The Bertz CT molecular complexity index is 8920. The first-order valence-corrected chi connectivity index (χ1v) is 45.0. The van der Waals surface area contributed by atoms with E-state index in [1.54, 1.807) is 0 Å². The highest BCUT2D eigenvalue weighted by molar-refractivity contribution is 6.17. The molecule has 0 bridgehead atoms. The minimum atomic E-state index is 0.440. The molecule has 0 amide bonds. The number of rotatable bonds is 4. The first-order chi connectivity index (χ1) is 62.0. The molecular formula is C113H106N15+5. The van der Waals surface area contributed by atoms with Crippen molar-refractivity contribution in [1.29, 1.82) is 0 Å². The van der Waals surface area contributed by atoms with Gasteiger partial charge in [0, 0.05) is 69.0 Å². The van der Waals surface area contributed by atoms with Crippen molar-refractivity contribution >= 4 is 192 Å². The summed E-state index contributed by atoms with van der Waals surface area (Å²) in [4.78, 5) is 23.9. The van der Waals surface area contributed by atoms with Crippen LogP contribution in [0.1, 0.15) is 135 Å². The van der Waals surface area contributed by atoms with E-state index < -0.39 is 0 Å². The number of nitrogens with zero attached hydrogens (tertiary/aromatic N) is 15. The molecule has 15 heterocycles. The number of hydrogen-bond acceptors (Lipinski definition) is 5. The Morgan fingerprint density at radius 1 is 0.250 bits per heavy atom. The van der Waals surface area contributed by atoms with E-state index in [-0.39, 0.29) is 0 Å². The van der Waals surface area contributed by atoms with Crippen molar-refractivity contribution in [2.24, 2.45) is 35.2 Å². The molecule has 15 aromatic heterocycles. The molecule has 25 aromatic rings. The van der Waals surface area contributed by atoms with Crippen LogP contribution in [0.15, 0.2) is 274 Å². The first-order valence-electron chi connectivity index (χ1n) is 45.0. The molecule has 0 saturated carbocycles. The molecule has 0 atom stereocenters. The zero-order chi connectivity index (χ0) is 88.4. The largest absolute Gasteiger partial charge is 0.297 e. The third-order valence-corrected chi connectivity index (χ3v) is 27.3. The molecule has 0 aliphatic carbocycles. The van der Waals surface area contributed by atoms with Crippen LogP contribution in [0.2, 0.25) is 0 Å². The van der Waals surface area contributed by atoms with Gasteiger partial charge in [0.25, 0.3) is 28.2 Å². The number of benzene rings is 10. The SMILES string of the molecule is Cc1ccc2c(c1)n(C)c1c3c(C)ccnc3c3ccccc3[n+]21.Cc1ccnc2c3cc(C(C)C)ccc3n3c4ccccc4[n+](C)c3c12.Cc1ccnc2c3ccc(C(C)C)cc3n3c4ccccc4[n+](C)c3c12.Cc1ccnc2c3cccc(C(C)C)c3n3c4ccccc4[n+](C)c3c12.Cc1ccnc2c3ccccc3n3c4c(C(C)C)cccc4[n+](C)c3c12. The average Bonchev–Trinajstić information content (AvgIpc) is 1.56. The van der Waals surface area contributed by atoms with E-state index >= 15 is 0 Å². The molecule has 15 nitrogen and oxygen atoms in total. The summed E-state index contributed by atoms with van der Waals surface area (Å²) in [6.07, 6.45) is 9.61. The van der Waals surface area contributed by atoms with Crippen LogP contribution in [0.3, 0.4) is 0 Å². The molecule has 15 heteroatoms. The first kappa shape index (κ1) is 80.4. The Balaban J connectivity index is 0.0000000973. The number of aromatic nitrogens is 15. The topological polar surface area (TPSA) is 107 Å². The molecule has 0 spiro atoms. The molecule has 0 N–H and O–H groups in total. The second kappa shape index (κ2) is 30.9. The van der Waals surface area contributed by atoms with Crippen LogP contribution in [-0.4, -0.2) is 47.1 Å². The summed E-state index contributed by atoms with van der Waals surface area (Å²) < 4.78 is 23.6. The van der Waals surface area contributed by atoms with Crippen molar-refractivity contribution in [2.75, 3.05) is 0 Å². The number of pyridine rings is 10. The summed E-state index contributed by atoms with van der Waals surface area (Å²) in [5.74, 6) is 1.88. The number of aryl methyl sites for hydroxylation is 11.